The lowest BCUT2D eigenvalue weighted by Crippen LogP contribution is -2.26. The van der Waals surface area contributed by atoms with Gasteiger partial charge < -0.3 is 10.1 Å². The summed E-state index contributed by atoms with van der Waals surface area (Å²) < 4.78 is 19.3. The van der Waals surface area contributed by atoms with Gasteiger partial charge in [-0.25, -0.2) is 9.18 Å². The van der Waals surface area contributed by atoms with E-state index in [1.807, 2.05) is 30.3 Å². The number of carbonyl (C=O) groups is 1. The molecule has 3 aromatic carbocycles. The molecule has 0 aromatic heterocycles. The van der Waals surface area contributed by atoms with Gasteiger partial charge in [0.15, 0.2) is 0 Å². The minimum Gasteiger partial charge on any atom is -0.449 e. The molecule has 0 aliphatic heterocycles. The summed E-state index contributed by atoms with van der Waals surface area (Å²) in [6, 6.07) is 23.0. The number of amides is 1. The Balaban J connectivity index is 1.31. The lowest BCUT2D eigenvalue weighted by atomic mass is 9.98. The van der Waals surface area contributed by atoms with Crippen LogP contribution in [0.25, 0.3) is 17.2 Å². The maximum atomic E-state index is 13.9. The van der Waals surface area contributed by atoms with Crippen LogP contribution in [0.5, 0.6) is 0 Å². The van der Waals surface area contributed by atoms with Gasteiger partial charge in [-0.15, -0.1) is 0 Å². The van der Waals surface area contributed by atoms with Crippen LogP contribution in [0.15, 0.2) is 72.8 Å². The first kappa shape index (κ1) is 20.4. The van der Waals surface area contributed by atoms with Gasteiger partial charge in [-0.05, 0) is 33.9 Å². The van der Waals surface area contributed by atoms with Crippen molar-refractivity contribution in [3.8, 4) is 17.2 Å². The topological polar surface area (TPSA) is 62.1 Å². The van der Waals surface area contributed by atoms with Crippen molar-refractivity contribution in [1.29, 1.82) is 5.26 Å². The lowest BCUT2D eigenvalue weighted by molar-refractivity contribution is 0.144. The van der Waals surface area contributed by atoms with E-state index in [9.17, 15) is 9.18 Å². The van der Waals surface area contributed by atoms with Gasteiger partial charge in [-0.1, -0.05) is 72.8 Å². The monoisotopic (exact) mass is 412 g/mol. The van der Waals surface area contributed by atoms with Gasteiger partial charge in [0.2, 0.25) is 0 Å². The van der Waals surface area contributed by atoms with Gasteiger partial charge >= 0.3 is 6.09 Å². The highest BCUT2D eigenvalue weighted by Gasteiger charge is 2.28. The average Bonchev–Trinajstić information content (AvgIpc) is 3.11. The summed E-state index contributed by atoms with van der Waals surface area (Å²) in [7, 11) is 0. The molecule has 1 N–H and O–H groups in total. The summed E-state index contributed by atoms with van der Waals surface area (Å²) in [5, 5.41) is 11.4. The molecule has 5 heteroatoms. The van der Waals surface area contributed by atoms with Crippen molar-refractivity contribution in [3.05, 3.63) is 101 Å². The molecule has 1 aliphatic carbocycles. The quantitative estimate of drug-likeness (QED) is 0.586. The van der Waals surface area contributed by atoms with Gasteiger partial charge in [-0.2, -0.15) is 5.26 Å². The average molecular weight is 412 g/mol. The number of hydrogen-bond donors (Lipinski definition) is 1. The molecular formula is C26H21FN2O2. The molecule has 0 unspecified atom stereocenters. The van der Waals surface area contributed by atoms with E-state index in [-0.39, 0.29) is 25.5 Å². The molecule has 1 amide bonds. The third-order valence-corrected chi connectivity index (χ3v) is 5.36. The summed E-state index contributed by atoms with van der Waals surface area (Å²) in [5.74, 6) is -0.392. The molecule has 0 spiro atoms. The van der Waals surface area contributed by atoms with Gasteiger partial charge in [-0.3, -0.25) is 0 Å². The second-order valence-corrected chi connectivity index (χ2v) is 7.29. The molecule has 4 nitrogen and oxygen atoms in total. The molecule has 0 atom stereocenters. The second kappa shape index (κ2) is 9.27. The number of fused-ring (bicyclic) bond motifs is 3. The van der Waals surface area contributed by atoms with Crippen molar-refractivity contribution in [1.82, 2.24) is 5.32 Å². The lowest BCUT2D eigenvalue weighted by Gasteiger charge is -2.14. The summed E-state index contributed by atoms with van der Waals surface area (Å²) in [6.45, 7) is 0.521. The van der Waals surface area contributed by atoms with Crippen LogP contribution in [-0.2, 0) is 11.2 Å². The van der Waals surface area contributed by atoms with Crippen LogP contribution < -0.4 is 5.32 Å². The fraction of sp³-hybridized carbons (Fsp3) is 0.154. The number of hydrogen-bond acceptors (Lipinski definition) is 3. The molecule has 3 aromatic rings. The molecule has 0 bridgehead atoms. The highest BCUT2D eigenvalue weighted by molar-refractivity contribution is 5.79. The molecule has 0 saturated carbocycles. The summed E-state index contributed by atoms with van der Waals surface area (Å²) >= 11 is 0. The van der Waals surface area contributed by atoms with Crippen LogP contribution in [0.4, 0.5) is 9.18 Å². The Morgan fingerprint density at radius 2 is 1.74 bits per heavy atom. The zero-order valence-corrected chi connectivity index (χ0v) is 16.8. The molecule has 4 rings (SSSR count). The van der Waals surface area contributed by atoms with E-state index in [1.54, 1.807) is 24.3 Å². The van der Waals surface area contributed by atoms with Gasteiger partial charge in [0, 0.05) is 18.0 Å². The molecule has 31 heavy (non-hydrogen) atoms. The number of alkyl carbamates (subject to hydrolysis) is 1. The number of halogens is 1. The molecule has 0 heterocycles. The second-order valence-electron chi connectivity index (χ2n) is 7.29. The molecule has 1 aliphatic rings. The number of rotatable bonds is 6. The van der Waals surface area contributed by atoms with Crippen molar-refractivity contribution >= 4 is 12.2 Å². The fourth-order valence-electron chi connectivity index (χ4n) is 3.88. The molecule has 0 saturated heterocycles. The standard InChI is InChI=1S/C26H21FN2O2/c27-25-16-18(11-12-19(25)13-14-28)6-5-15-29-26(30)31-17-24-22-9-3-1-7-20(22)21-8-2-4-10-23(21)24/h1-12,16,24H,13,15,17H2,(H,29,30). The fourth-order valence-corrected chi connectivity index (χ4v) is 3.88. The van der Waals surface area contributed by atoms with Crippen LogP contribution in [0.1, 0.15) is 28.2 Å². The summed E-state index contributed by atoms with van der Waals surface area (Å²) in [5.41, 5.74) is 5.73. The smallest absolute Gasteiger partial charge is 0.407 e. The Hall–Kier alpha value is -3.91. The maximum absolute atomic E-state index is 13.9. The molecule has 0 radical (unpaired) electrons. The highest BCUT2D eigenvalue weighted by atomic mass is 19.1. The van der Waals surface area contributed by atoms with E-state index in [1.165, 1.54) is 28.3 Å². The van der Waals surface area contributed by atoms with E-state index in [2.05, 4.69) is 29.6 Å². The van der Waals surface area contributed by atoms with Crippen molar-refractivity contribution < 1.29 is 13.9 Å². The SMILES string of the molecule is N#CCc1ccc(C=CCNC(=O)OCC2c3ccccc3-c3ccccc32)cc1F. The number of nitriles is 1. The van der Waals surface area contributed by atoms with Gasteiger partial charge in [0.25, 0.3) is 0 Å². The predicted octanol–water partition coefficient (Wildman–Crippen LogP) is 5.44. The zero-order chi connectivity index (χ0) is 21.6. The first-order chi connectivity index (χ1) is 15.2. The minimum atomic E-state index is -0.498. The van der Waals surface area contributed by atoms with E-state index in [0.717, 1.165) is 0 Å². The van der Waals surface area contributed by atoms with E-state index in [4.69, 9.17) is 10.00 Å². The number of nitrogens with zero attached hydrogens (tertiary/aromatic N) is 1. The third-order valence-electron chi connectivity index (χ3n) is 5.36. The van der Waals surface area contributed by atoms with Crippen molar-refractivity contribution in [2.24, 2.45) is 0 Å². The largest absolute Gasteiger partial charge is 0.449 e. The Kier molecular flexibility index (Phi) is 6.09. The third kappa shape index (κ3) is 4.49. The van der Waals surface area contributed by atoms with Crippen LogP contribution >= 0.6 is 0 Å². The Morgan fingerprint density at radius 1 is 1.06 bits per heavy atom. The first-order valence-corrected chi connectivity index (χ1v) is 10.1. The Morgan fingerprint density at radius 3 is 2.39 bits per heavy atom. The Labute approximate surface area is 180 Å². The Bertz CT molecular complexity index is 1130. The van der Waals surface area contributed by atoms with E-state index >= 15 is 0 Å². The van der Waals surface area contributed by atoms with Crippen LogP contribution in [0, 0.1) is 17.1 Å². The first-order valence-electron chi connectivity index (χ1n) is 10.1. The van der Waals surface area contributed by atoms with Crippen molar-refractivity contribution in [2.75, 3.05) is 13.2 Å². The summed E-state index contributed by atoms with van der Waals surface area (Å²) in [4.78, 5) is 12.1. The van der Waals surface area contributed by atoms with Crippen LogP contribution in [-0.4, -0.2) is 19.2 Å². The molecule has 0 fully saturated rings. The van der Waals surface area contributed by atoms with E-state index in [0.29, 0.717) is 11.1 Å². The van der Waals surface area contributed by atoms with Crippen LogP contribution in [0.3, 0.4) is 0 Å². The summed E-state index contributed by atoms with van der Waals surface area (Å²) in [6.07, 6.45) is 2.98. The van der Waals surface area contributed by atoms with Gasteiger partial charge in [0.1, 0.15) is 12.4 Å². The molecular weight excluding hydrogens is 391 g/mol. The van der Waals surface area contributed by atoms with Crippen LogP contribution in [0.2, 0.25) is 0 Å². The number of benzene rings is 3. The van der Waals surface area contributed by atoms with E-state index < -0.39 is 11.9 Å². The number of nitrogens with one attached hydrogen (secondary N) is 1. The zero-order valence-electron chi connectivity index (χ0n) is 16.8. The number of carbonyl (C=O) groups excluding carboxylic acids is 1. The number of ether oxygens (including phenoxy) is 1. The van der Waals surface area contributed by atoms with Crippen molar-refractivity contribution in [3.63, 3.8) is 0 Å². The van der Waals surface area contributed by atoms with Gasteiger partial charge in [0.05, 0.1) is 12.5 Å². The maximum Gasteiger partial charge on any atom is 0.407 e. The minimum absolute atomic E-state index is 0.0172. The highest BCUT2D eigenvalue weighted by Crippen LogP contribution is 2.44. The van der Waals surface area contributed by atoms with Crippen molar-refractivity contribution in [2.45, 2.75) is 12.3 Å². The normalized spacial score (nSPS) is 12.3. The predicted molar refractivity (Wildman–Crippen MR) is 118 cm³/mol. The molecule has 154 valence electrons.